The van der Waals surface area contributed by atoms with Crippen LogP contribution in [0.15, 0.2) is 18.2 Å². The van der Waals surface area contributed by atoms with Crippen LogP contribution in [0.4, 0.5) is 0 Å². The number of carbonyl (C=O) groups excluding carboxylic acids is 2. The summed E-state index contributed by atoms with van der Waals surface area (Å²) in [4.78, 5) is 31.2. The van der Waals surface area contributed by atoms with Gasteiger partial charge in [0.15, 0.2) is 0 Å². The van der Waals surface area contributed by atoms with Crippen molar-refractivity contribution >= 4 is 11.8 Å². The summed E-state index contributed by atoms with van der Waals surface area (Å²) < 4.78 is 0. The summed E-state index contributed by atoms with van der Waals surface area (Å²) >= 11 is 0. The van der Waals surface area contributed by atoms with Gasteiger partial charge in [-0.2, -0.15) is 0 Å². The lowest BCUT2D eigenvalue weighted by Gasteiger charge is -2.47. The summed E-state index contributed by atoms with van der Waals surface area (Å²) in [5.41, 5.74) is 0.958. The van der Waals surface area contributed by atoms with E-state index in [1.165, 1.54) is 0 Å². The van der Waals surface area contributed by atoms with E-state index >= 15 is 0 Å². The monoisotopic (exact) mass is 289 g/mol. The summed E-state index contributed by atoms with van der Waals surface area (Å²) in [7, 11) is 0. The Hall–Kier alpha value is -1.91. The largest absolute Gasteiger partial charge is 0.343 e. The van der Waals surface area contributed by atoms with Crippen LogP contribution in [0.1, 0.15) is 45.0 Å². The minimum Gasteiger partial charge on any atom is -0.343 e. The molecule has 2 rings (SSSR count). The molecule has 5 heteroatoms. The van der Waals surface area contributed by atoms with Crippen molar-refractivity contribution in [1.29, 1.82) is 0 Å². The van der Waals surface area contributed by atoms with Gasteiger partial charge >= 0.3 is 0 Å². The predicted molar refractivity (Wildman–Crippen MR) is 80.4 cm³/mol. The second kappa shape index (κ2) is 5.84. The van der Waals surface area contributed by atoms with Gasteiger partial charge < -0.3 is 10.2 Å². The number of pyridine rings is 1. The van der Waals surface area contributed by atoms with Crippen LogP contribution in [0.5, 0.6) is 0 Å². The molecule has 114 valence electrons. The molecule has 5 nitrogen and oxygen atoms in total. The van der Waals surface area contributed by atoms with E-state index in [0.29, 0.717) is 19.4 Å². The van der Waals surface area contributed by atoms with E-state index < -0.39 is 11.6 Å². The molecule has 1 N–H and O–H groups in total. The summed E-state index contributed by atoms with van der Waals surface area (Å²) in [5, 5.41) is 2.80. The van der Waals surface area contributed by atoms with Crippen molar-refractivity contribution in [2.45, 2.75) is 58.7 Å². The molecule has 2 heterocycles. The number of amides is 2. The van der Waals surface area contributed by atoms with E-state index in [-0.39, 0.29) is 11.8 Å². The fourth-order valence-electron chi connectivity index (χ4n) is 2.99. The lowest BCUT2D eigenvalue weighted by molar-refractivity contribution is -0.158. The third-order valence-electron chi connectivity index (χ3n) is 4.36. The van der Waals surface area contributed by atoms with Crippen molar-refractivity contribution in [1.82, 2.24) is 15.2 Å². The third-order valence-corrected chi connectivity index (χ3v) is 4.36. The summed E-state index contributed by atoms with van der Waals surface area (Å²) in [6.07, 6.45) is 1.19. The molecule has 1 atom stereocenters. The predicted octanol–water partition coefficient (Wildman–Crippen LogP) is 1.80. The zero-order chi connectivity index (χ0) is 15.6. The molecule has 0 aromatic carbocycles. The molecule has 0 aliphatic carbocycles. The molecule has 1 aliphatic rings. The molecule has 2 amide bonds. The Labute approximate surface area is 125 Å². The molecule has 1 aromatic heterocycles. The number of hydrogen-bond acceptors (Lipinski definition) is 3. The molecule has 0 spiro atoms. The van der Waals surface area contributed by atoms with Crippen molar-refractivity contribution < 1.29 is 9.59 Å². The van der Waals surface area contributed by atoms with Crippen molar-refractivity contribution in [3.8, 4) is 0 Å². The Bertz CT molecular complexity index is 552. The SMILES string of the molecule is CCC1(CC)C(=O)NC(C)C(=O)N1Cc1cccc(C)n1. The highest BCUT2D eigenvalue weighted by atomic mass is 16.2. The second-order valence-corrected chi connectivity index (χ2v) is 5.63. The number of aryl methyl sites for hydroxylation is 1. The first-order valence-electron chi connectivity index (χ1n) is 7.49. The van der Waals surface area contributed by atoms with Crippen molar-refractivity contribution in [2.75, 3.05) is 0 Å². The highest BCUT2D eigenvalue weighted by Gasteiger charge is 2.49. The molecule has 1 fully saturated rings. The average molecular weight is 289 g/mol. The van der Waals surface area contributed by atoms with Gasteiger partial charge in [-0.1, -0.05) is 19.9 Å². The maximum absolute atomic E-state index is 12.6. The van der Waals surface area contributed by atoms with E-state index in [1.54, 1.807) is 11.8 Å². The highest BCUT2D eigenvalue weighted by molar-refractivity contribution is 5.99. The van der Waals surface area contributed by atoms with E-state index in [4.69, 9.17) is 0 Å². The molecule has 1 saturated heterocycles. The van der Waals surface area contributed by atoms with Gasteiger partial charge in [0.1, 0.15) is 11.6 Å². The first-order chi connectivity index (χ1) is 9.94. The van der Waals surface area contributed by atoms with Gasteiger partial charge in [0.25, 0.3) is 0 Å². The van der Waals surface area contributed by atoms with Crippen LogP contribution in [0, 0.1) is 6.92 Å². The van der Waals surface area contributed by atoms with Crippen LogP contribution in [-0.2, 0) is 16.1 Å². The molecule has 0 saturated carbocycles. The molecule has 1 aromatic rings. The number of aromatic nitrogens is 1. The Morgan fingerprint density at radius 1 is 1.29 bits per heavy atom. The normalized spacial score (nSPS) is 21.3. The molecular weight excluding hydrogens is 266 g/mol. The number of nitrogens with one attached hydrogen (secondary N) is 1. The van der Waals surface area contributed by atoms with Crippen LogP contribution >= 0.6 is 0 Å². The van der Waals surface area contributed by atoms with Gasteiger partial charge in [0, 0.05) is 5.69 Å². The van der Waals surface area contributed by atoms with Crippen molar-refractivity contribution in [2.24, 2.45) is 0 Å². The maximum Gasteiger partial charge on any atom is 0.246 e. The molecular formula is C16H23N3O2. The zero-order valence-electron chi connectivity index (χ0n) is 13.1. The topological polar surface area (TPSA) is 62.3 Å². The minimum atomic E-state index is -0.769. The first-order valence-corrected chi connectivity index (χ1v) is 7.49. The van der Waals surface area contributed by atoms with Gasteiger partial charge in [0.05, 0.1) is 12.2 Å². The second-order valence-electron chi connectivity index (χ2n) is 5.63. The van der Waals surface area contributed by atoms with Crippen LogP contribution in [0.2, 0.25) is 0 Å². The van der Waals surface area contributed by atoms with Gasteiger partial charge in [-0.25, -0.2) is 0 Å². The Morgan fingerprint density at radius 3 is 2.52 bits per heavy atom. The summed E-state index contributed by atoms with van der Waals surface area (Å²) in [6.45, 7) is 7.92. The fraction of sp³-hybridized carbons (Fsp3) is 0.562. The smallest absolute Gasteiger partial charge is 0.246 e. The quantitative estimate of drug-likeness (QED) is 0.919. The standard InChI is InChI=1S/C16H23N3O2/c1-5-16(6-2)15(21)18-12(4)14(20)19(16)10-13-9-7-8-11(3)17-13/h7-9,12H,5-6,10H2,1-4H3,(H,18,21). The van der Waals surface area contributed by atoms with Gasteiger partial charge in [0.2, 0.25) is 11.8 Å². The summed E-state index contributed by atoms with van der Waals surface area (Å²) in [6, 6.07) is 5.26. The summed E-state index contributed by atoms with van der Waals surface area (Å²) in [5.74, 6) is -0.103. The number of rotatable bonds is 4. The van der Waals surface area contributed by atoms with E-state index in [1.807, 2.05) is 39.0 Å². The number of piperazine rings is 1. The lowest BCUT2D eigenvalue weighted by Crippen LogP contribution is -2.69. The lowest BCUT2D eigenvalue weighted by atomic mass is 9.86. The Morgan fingerprint density at radius 2 is 1.95 bits per heavy atom. The van der Waals surface area contributed by atoms with Gasteiger partial charge in [-0.3, -0.25) is 14.6 Å². The Kier molecular flexibility index (Phi) is 4.30. The van der Waals surface area contributed by atoms with Crippen molar-refractivity contribution in [3.63, 3.8) is 0 Å². The number of hydrogen-bond donors (Lipinski definition) is 1. The molecule has 0 radical (unpaired) electrons. The van der Waals surface area contributed by atoms with E-state index in [0.717, 1.165) is 11.4 Å². The number of nitrogens with zero attached hydrogens (tertiary/aromatic N) is 2. The molecule has 21 heavy (non-hydrogen) atoms. The van der Waals surface area contributed by atoms with Crippen LogP contribution < -0.4 is 5.32 Å². The average Bonchev–Trinajstić information content (AvgIpc) is 2.46. The third kappa shape index (κ3) is 2.64. The van der Waals surface area contributed by atoms with Gasteiger partial charge in [-0.15, -0.1) is 0 Å². The van der Waals surface area contributed by atoms with Crippen LogP contribution in [0.3, 0.4) is 0 Å². The molecule has 1 aliphatic heterocycles. The Balaban J connectivity index is 2.39. The fourth-order valence-corrected chi connectivity index (χ4v) is 2.99. The molecule has 0 bridgehead atoms. The minimum absolute atomic E-state index is 0.0402. The highest BCUT2D eigenvalue weighted by Crippen LogP contribution is 2.30. The van der Waals surface area contributed by atoms with Crippen LogP contribution in [-0.4, -0.2) is 33.3 Å². The zero-order valence-corrected chi connectivity index (χ0v) is 13.1. The van der Waals surface area contributed by atoms with Crippen molar-refractivity contribution in [3.05, 3.63) is 29.6 Å². The van der Waals surface area contributed by atoms with Gasteiger partial charge in [-0.05, 0) is 38.8 Å². The molecule has 1 unspecified atom stereocenters. The van der Waals surface area contributed by atoms with E-state index in [9.17, 15) is 9.59 Å². The van der Waals surface area contributed by atoms with E-state index in [2.05, 4.69) is 10.3 Å². The number of carbonyl (C=O) groups is 2. The maximum atomic E-state index is 12.6. The van der Waals surface area contributed by atoms with Crippen LogP contribution in [0.25, 0.3) is 0 Å². The first kappa shape index (κ1) is 15.5.